The first-order valence-corrected chi connectivity index (χ1v) is 6.22. The molecule has 1 aliphatic rings. The van der Waals surface area contributed by atoms with Gasteiger partial charge in [-0.2, -0.15) is 13.2 Å². The van der Waals surface area contributed by atoms with Crippen LogP contribution in [0, 0.1) is 11.8 Å². The minimum Gasteiger partial charge on any atom is -0.317 e. The predicted octanol–water partition coefficient (Wildman–Crippen LogP) is 3.69. The molecule has 0 aromatic carbocycles. The Kier molecular flexibility index (Phi) is 5.22. The quantitative estimate of drug-likeness (QED) is 0.755. The molecule has 0 heterocycles. The Morgan fingerprint density at radius 2 is 1.71 bits per heavy atom. The molecule has 102 valence electrons. The molecule has 1 aliphatic carbocycles. The van der Waals surface area contributed by atoms with Gasteiger partial charge in [-0.1, -0.05) is 12.8 Å². The van der Waals surface area contributed by atoms with E-state index in [2.05, 4.69) is 12.2 Å². The van der Waals surface area contributed by atoms with Crippen LogP contribution < -0.4 is 5.32 Å². The van der Waals surface area contributed by atoms with Crippen LogP contribution in [0.3, 0.4) is 0 Å². The maximum Gasteiger partial charge on any atom is 0.419 e. The molecule has 0 aromatic heterocycles. The molecule has 0 amide bonds. The Bertz CT molecular complexity index is 221. The Morgan fingerprint density at radius 3 is 2.12 bits per heavy atom. The molecule has 2 atom stereocenters. The third-order valence-corrected chi connectivity index (χ3v) is 3.80. The number of halogens is 4. The lowest BCUT2D eigenvalue weighted by Gasteiger charge is -2.32. The first-order chi connectivity index (χ1) is 7.84. The first kappa shape index (κ1) is 14.7. The lowest BCUT2D eigenvalue weighted by atomic mass is 9.77. The van der Waals surface area contributed by atoms with Crippen LogP contribution in [0.1, 0.15) is 39.0 Å². The summed E-state index contributed by atoms with van der Waals surface area (Å²) in [5.41, 5.74) is 0. The highest BCUT2D eigenvalue weighted by molar-refractivity contribution is 4.82. The smallest absolute Gasteiger partial charge is 0.317 e. The van der Waals surface area contributed by atoms with Crippen molar-refractivity contribution in [1.29, 1.82) is 0 Å². The highest BCUT2D eigenvalue weighted by Gasteiger charge is 2.45. The van der Waals surface area contributed by atoms with E-state index in [1.807, 2.05) is 7.05 Å². The van der Waals surface area contributed by atoms with Gasteiger partial charge in [0, 0.05) is 6.04 Å². The summed E-state index contributed by atoms with van der Waals surface area (Å²) in [6.07, 6.45) is -4.20. The molecular weight excluding hydrogens is 234 g/mol. The molecule has 5 heteroatoms. The van der Waals surface area contributed by atoms with E-state index in [0.717, 1.165) is 6.42 Å². The van der Waals surface area contributed by atoms with Gasteiger partial charge in [-0.3, -0.25) is 0 Å². The van der Waals surface area contributed by atoms with Gasteiger partial charge < -0.3 is 5.32 Å². The number of rotatable bonds is 4. The largest absolute Gasteiger partial charge is 0.419 e. The van der Waals surface area contributed by atoms with E-state index in [1.54, 1.807) is 0 Å². The molecule has 1 nitrogen and oxygen atoms in total. The van der Waals surface area contributed by atoms with Gasteiger partial charge in [0.05, 0.1) is 0 Å². The average Bonchev–Trinajstić information content (AvgIpc) is 2.27. The molecule has 0 spiro atoms. The van der Waals surface area contributed by atoms with Crippen LogP contribution in [-0.2, 0) is 0 Å². The van der Waals surface area contributed by atoms with Crippen LogP contribution in [0.5, 0.6) is 0 Å². The van der Waals surface area contributed by atoms with Crippen molar-refractivity contribution in [2.45, 2.75) is 57.4 Å². The van der Waals surface area contributed by atoms with E-state index in [1.165, 1.54) is 0 Å². The molecule has 0 bridgehead atoms. The van der Waals surface area contributed by atoms with Crippen molar-refractivity contribution >= 4 is 0 Å². The summed E-state index contributed by atoms with van der Waals surface area (Å²) in [6.45, 7) is 2.06. The van der Waals surface area contributed by atoms with Crippen molar-refractivity contribution in [3.63, 3.8) is 0 Å². The standard InChI is InChI=1S/C12H21F4N/c1-8(17-2)7-9-3-5-10(6-4-9)11(13)12(14,15)16/h8-11,17H,3-7H2,1-2H3. The molecule has 1 N–H and O–H groups in total. The van der Waals surface area contributed by atoms with Gasteiger partial charge in [-0.05, 0) is 45.1 Å². The summed E-state index contributed by atoms with van der Waals surface area (Å²) in [5.74, 6) is -0.384. The van der Waals surface area contributed by atoms with Crippen LogP contribution in [0.15, 0.2) is 0 Å². The predicted molar refractivity (Wildman–Crippen MR) is 59.5 cm³/mol. The molecule has 1 saturated carbocycles. The highest BCUT2D eigenvalue weighted by Crippen LogP contribution is 2.39. The third kappa shape index (κ3) is 4.45. The van der Waals surface area contributed by atoms with Crippen molar-refractivity contribution in [3.8, 4) is 0 Å². The van der Waals surface area contributed by atoms with Gasteiger partial charge in [0.1, 0.15) is 0 Å². The van der Waals surface area contributed by atoms with Crippen LogP contribution in [0.2, 0.25) is 0 Å². The van der Waals surface area contributed by atoms with Crippen LogP contribution >= 0.6 is 0 Å². The van der Waals surface area contributed by atoms with Crippen LogP contribution in [0.25, 0.3) is 0 Å². The monoisotopic (exact) mass is 255 g/mol. The molecule has 1 fully saturated rings. The minimum absolute atomic E-state index is 0.363. The van der Waals surface area contributed by atoms with Gasteiger partial charge in [0.15, 0.2) is 6.17 Å². The third-order valence-electron chi connectivity index (χ3n) is 3.80. The zero-order valence-corrected chi connectivity index (χ0v) is 10.4. The van der Waals surface area contributed by atoms with Crippen LogP contribution in [-0.4, -0.2) is 25.4 Å². The van der Waals surface area contributed by atoms with E-state index in [-0.39, 0.29) is 0 Å². The maximum absolute atomic E-state index is 13.1. The summed E-state index contributed by atoms with van der Waals surface area (Å²) in [4.78, 5) is 0. The van der Waals surface area contributed by atoms with Crippen molar-refractivity contribution in [2.24, 2.45) is 11.8 Å². The number of hydrogen-bond acceptors (Lipinski definition) is 1. The zero-order chi connectivity index (χ0) is 13.1. The van der Waals surface area contributed by atoms with Crippen molar-refractivity contribution in [2.75, 3.05) is 7.05 Å². The van der Waals surface area contributed by atoms with E-state index in [0.29, 0.717) is 37.6 Å². The Labute approximate surface area is 100.0 Å². The molecular formula is C12H21F4N. The molecule has 17 heavy (non-hydrogen) atoms. The lowest BCUT2D eigenvalue weighted by Crippen LogP contribution is -2.35. The topological polar surface area (TPSA) is 12.0 Å². The Morgan fingerprint density at radius 1 is 1.18 bits per heavy atom. The molecule has 2 unspecified atom stereocenters. The van der Waals surface area contributed by atoms with Gasteiger partial charge in [-0.25, -0.2) is 4.39 Å². The minimum atomic E-state index is -4.68. The second-order valence-corrected chi connectivity index (χ2v) is 5.15. The van der Waals surface area contributed by atoms with E-state index >= 15 is 0 Å². The second kappa shape index (κ2) is 6.03. The summed E-state index contributed by atoms with van der Waals surface area (Å²) in [7, 11) is 1.87. The van der Waals surface area contributed by atoms with Crippen molar-refractivity contribution < 1.29 is 17.6 Å². The SMILES string of the molecule is CNC(C)CC1CCC(C(F)C(F)(F)F)CC1. The van der Waals surface area contributed by atoms with Crippen LogP contribution in [0.4, 0.5) is 17.6 Å². The number of alkyl halides is 4. The first-order valence-electron chi connectivity index (χ1n) is 6.22. The molecule has 0 saturated heterocycles. The highest BCUT2D eigenvalue weighted by atomic mass is 19.4. The fraction of sp³-hybridized carbons (Fsp3) is 1.00. The fourth-order valence-electron chi connectivity index (χ4n) is 2.60. The number of nitrogens with one attached hydrogen (secondary N) is 1. The van der Waals surface area contributed by atoms with Gasteiger partial charge >= 0.3 is 6.18 Å². The maximum atomic E-state index is 13.1. The molecule has 0 aromatic rings. The Balaban J connectivity index is 2.35. The fourth-order valence-corrected chi connectivity index (χ4v) is 2.60. The normalized spacial score (nSPS) is 30.0. The van der Waals surface area contributed by atoms with Crippen molar-refractivity contribution in [3.05, 3.63) is 0 Å². The lowest BCUT2D eigenvalue weighted by molar-refractivity contribution is -0.197. The average molecular weight is 255 g/mol. The van der Waals surface area contributed by atoms with Gasteiger partial charge in [-0.15, -0.1) is 0 Å². The Hall–Kier alpha value is -0.320. The summed E-state index contributed by atoms with van der Waals surface area (Å²) in [6, 6.07) is 0.375. The van der Waals surface area contributed by atoms with E-state index < -0.39 is 18.3 Å². The van der Waals surface area contributed by atoms with Crippen molar-refractivity contribution in [1.82, 2.24) is 5.32 Å². The summed E-state index contributed by atoms with van der Waals surface area (Å²) in [5, 5.41) is 3.12. The van der Waals surface area contributed by atoms with E-state index in [4.69, 9.17) is 0 Å². The molecule has 0 aliphatic heterocycles. The summed E-state index contributed by atoms with van der Waals surface area (Å²) < 4.78 is 49.7. The second-order valence-electron chi connectivity index (χ2n) is 5.15. The zero-order valence-electron chi connectivity index (χ0n) is 10.4. The molecule has 1 rings (SSSR count). The van der Waals surface area contributed by atoms with E-state index in [9.17, 15) is 17.6 Å². The molecule has 0 radical (unpaired) electrons. The summed E-state index contributed by atoms with van der Waals surface area (Å²) >= 11 is 0. The van der Waals surface area contributed by atoms with Gasteiger partial charge in [0.2, 0.25) is 0 Å². The number of hydrogen-bond donors (Lipinski definition) is 1. The van der Waals surface area contributed by atoms with Gasteiger partial charge in [0.25, 0.3) is 0 Å².